The van der Waals surface area contributed by atoms with Crippen LogP contribution < -0.4 is 0 Å². The summed E-state index contributed by atoms with van der Waals surface area (Å²) in [6, 6.07) is 0. The van der Waals surface area contributed by atoms with Gasteiger partial charge in [0.25, 0.3) is 0 Å². The largest absolute Gasteiger partial charge is 0.481 e. The molecule has 6 nitrogen and oxygen atoms in total. The highest BCUT2D eigenvalue weighted by atomic mass is 16.5. The lowest BCUT2D eigenvalue weighted by Gasteiger charge is -2.59. The number of carbonyl (C=O) groups excluding carboxylic acids is 1. The van der Waals surface area contributed by atoms with Gasteiger partial charge in [0.15, 0.2) is 0 Å². The van der Waals surface area contributed by atoms with Crippen molar-refractivity contribution in [3.05, 3.63) is 0 Å². The third-order valence-electron chi connectivity index (χ3n) is 7.88. The fourth-order valence-electron chi connectivity index (χ4n) is 6.75. The topological polar surface area (TPSA) is 101 Å². The zero-order valence-electron chi connectivity index (χ0n) is 16.4. The zero-order valence-corrected chi connectivity index (χ0v) is 16.4. The molecule has 0 aliphatic heterocycles. The molecule has 0 bridgehead atoms. The second kappa shape index (κ2) is 7.80. The van der Waals surface area contributed by atoms with E-state index in [0.717, 1.165) is 44.9 Å². The molecule has 0 aromatic rings. The fraction of sp³-hybridized carbons (Fsp3) is 0.857. The third kappa shape index (κ3) is 4.14. The van der Waals surface area contributed by atoms with E-state index in [1.54, 1.807) is 0 Å². The van der Waals surface area contributed by atoms with E-state index in [0.29, 0.717) is 17.8 Å². The predicted molar refractivity (Wildman–Crippen MR) is 97.9 cm³/mol. The average molecular weight is 380 g/mol. The van der Waals surface area contributed by atoms with E-state index in [9.17, 15) is 24.6 Å². The van der Waals surface area contributed by atoms with Crippen LogP contribution in [-0.2, 0) is 19.1 Å². The van der Waals surface area contributed by atoms with Crippen molar-refractivity contribution in [2.24, 2.45) is 35.0 Å². The second-order valence-corrected chi connectivity index (χ2v) is 9.25. The minimum atomic E-state index is -0.823. The molecule has 7 atom stereocenters. The number of hydrogen-bond donors (Lipinski definition) is 2. The van der Waals surface area contributed by atoms with E-state index in [-0.39, 0.29) is 42.2 Å². The summed E-state index contributed by atoms with van der Waals surface area (Å²) < 4.78 is 5.47. The van der Waals surface area contributed by atoms with Gasteiger partial charge < -0.3 is 14.9 Å². The monoisotopic (exact) mass is 380 g/mol. The van der Waals surface area contributed by atoms with Gasteiger partial charge in [-0.15, -0.1) is 0 Å². The standard InChI is InChI=1S/C21H32O6/c1-12(22)27-15-7-8-21(2)14(10-15)4-5-16-17(11-20(25)26)13(9-19(23)24)3-6-18(16)21/h13-18H,3-11H2,1-2H3,(H,23,24)(H,25,26). The minimum absolute atomic E-state index is 0.00953. The maximum Gasteiger partial charge on any atom is 0.303 e. The van der Waals surface area contributed by atoms with Crippen LogP contribution in [-0.4, -0.2) is 34.2 Å². The summed E-state index contributed by atoms with van der Waals surface area (Å²) in [5.41, 5.74) is 0.143. The number of esters is 1. The molecule has 6 heteroatoms. The van der Waals surface area contributed by atoms with Gasteiger partial charge in [-0.1, -0.05) is 6.92 Å². The fourth-order valence-corrected chi connectivity index (χ4v) is 6.75. The first-order chi connectivity index (χ1) is 12.7. The van der Waals surface area contributed by atoms with Crippen LogP contribution in [0.4, 0.5) is 0 Å². The summed E-state index contributed by atoms with van der Waals surface area (Å²) in [4.78, 5) is 34.1. The number of hydrogen-bond acceptors (Lipinski definition) is 4. The molecule has 0 saturated heterocycles. The number of aliphatic carboxylic acids is 2. The van der Waals surface area contributed by atoms with Gasteiger partial charge in [0, 0.05) is 19.8 Å². The Kier molecular flexibility index (Phi) is 5.82. The van der Waals surface area contributed by atoms with Crippen LogP contribution in [0, 0.1) is 35.0 Å². The molecule has 7 unspecified atom stereocenters. The van der Waals surface area contributed by atoms with Crippen molar-refractivity contribution in [1.82, 2.24) is 0 Å². The normalized spacial score (nSPS) is 41.1. The maximum atomic E-state index is 11.5. The van der Waals surface area contributed by atoms with Crippen molar-refractivity contribution in [3.8, 4) is 0 Å². The average Bonchev–Trinajstić information content (AvgIpc) is 2.56. The van der Waals surface area contributed by atoms with Crippen LogP contribution in [0.3, 0.4) is 0 Å². The lowest BCUT2D eigenvalue weighted by Crippen LogP contribution is -2.53. The van der Waals surface area contributed by atoms with E-state index in [2.05, 4.69) is 6.92 Å². The number of ether oxygens (including phenoxy) is 1. The third-order valence-corrected chi connectivity index (χ3v) is 7.88. The summed E-state index contributed by atoms with van der Waals surface area (Å²) in [5.74, 6) is -0.683. The van der Waals surface area contributed by atoms with Crippen molar-refractivity contribution in [2.45, 2.75) is 77.7 Å². The first-order valence-corrected chi connectivity index (χ1v) is 10.3. The first kappa shape index (κ1) is 20.2. The summed E-state index contributed by atoms with van der Waals surface area (Å²) in [5, 5.41) is 18.7. The molecule has 27 heavy (non-hydrogen) atoms. The highest BCUT2D eigenvalue weighted by Gasteiger charge is 2.55. The Morgan fingerprint density at radius 3 is 2.33 bits per heavy atom. The molecule has 0 spiro atoms. The number of carboxylic acids is 2. The molecule has 0 heterocycles. The smallest absolute Gasteiger partial charge is 0.303 e. The Labute approximate surface area is 160 Å². The molecule has 3 rings (SSSR count). The lowest BCUT2D eigenvalue weighted by molar-refractivity contribution is -0.160. The summed E-state index contributed by atoms with van der Waals surface area (Å²) in [6.45, 7) is 3.80. The van der Waals surface area contributed by atoms with Gasteiger partial charge in [0.1, 0.15) is 6.10 Å². The highest BCUT2D eigenvalue weighted by Crippen LogP contribution is 2.61. The van der Waals surface area contributed by atoms with E-state index in [1.165, 1.54) is 6.92 Å². The molecule has 3 saturated carbocycles. The molecule has 3 aliphatic carbocycles. The molecule has 0 radical (unpaired) electrons. The van der Waals surface area contributed by atoms with Crippen LogP contribution in [0.15, 0.2) is 0 Å². The van der Waals surface area contributed by atoms with Crippen molar-refractivity contribution in [2.75, 3.05) is 0 Å². The SMILES string of the molecule is CC(=O)OC1CCC2(C)C(CCC3C(CC(=O)O)C(CC(=O)O)CCC32)C1. The molecule has 2 N–H and O–H groups in total. The van der Waals surface area contributed by atoms with Crippen LogP contribution in [0.2, 0.25) is 0 Å². The Bertz CT molecular complexity index is 601. The number of carboxylic acid groups (broad SMARTS) is 2. The van der Waals surface area contributed by atoms with Crippen LogP contribution in [0.1, 0.15) is 71.6 Å². The van der Waals surface area contributed by atoms with E-state index < -0.39 is 11.9 Å². The van der Waals surface area contributed by atoms with Crippen LogP contribution >= 0.6 is 0 Å². The van der Waals surface area contributed by atoms with Gasteiger partial charge in [0.2, 0.25) is 0 Å². The Morgan fingerprint density at radius 2 is 1.70 bits per heavy atom. The molecule has 3 fully saturated rings. The summed E-state index contributed by atoms with van der Waals surface area (Å²) in [6.07, 6.45) is 6.73. The number of rotatable bonds is 5. The van der Waals surface area contributed by atoms with Crippen molar-refractivity contribution in [1.29, 1.82) is 0 Å². The molecule has 3 aliphatic rings. The molecule has 0 aromatic heterocycles. The van der Waals surface area contributed by atoms with Crippen LogP contribution in [0.5, 0.6) is 0 Å². The Balaban J connectivity index is 1.78. The molecule has 0 amide bonds. The van der Waals surface area contributed by atoms with Gasteiger partial charge in [-0.3, -0.25) is 14.4 Å². The van der Waals surface area contributed by atoms with Crippen molar-refractivity contribution >= 4 is 17.9 Å². The van der Waals surface area contributed by atoms with Gasteiger partial charge in [-0.05, 0) is 80.0 Å². The highest BCUT2D eigenvalue weighted by molar-refractivity contribution is 5.69. The van der Waals surface area contributed by atoms with Crippen LogP contribution in [0.25, 0.3) is 0 Å². The zero-order chi connectivity index (χ0) is 19.8. The van der Waals surface area contributed by atoms with E-state index in [1.807, 2.05) is 0 Å². The van der Waals surface area contributed by atoms with E-state index in [4.69, 9.17) is 4.74 Å². The molecular formula is C21H32O6. The quantitative estimate of drug-likeness (QED) is 0.705. The van der Waals surface area contributed by atoms with Crippen molar-refractivity contribution in [3.63, 3.8) is 0 Å². The van der Waals surface area contributed by atoms with Gasteiger partial charge in [0.05, 0.1) is 0 Å². The molecule has 0 aromatic carbocycles. The minimum Gasteiger partial charge on any atom is -0.481 e. The number of fused-ring (bicyclic) bond motifs is 3. The Hall–Kier alpha value is -1.59. The van der Waals surface area contributed by atoms with Gasteiger partial charge in [-0.25, -0.2) is 0 Å². The summed E-state index contributed by atoms with van der Waals surface area (Å²) >= 11 is 0. The summed E-state index contributed by atoms with van der Waals surface area (Å²) in [7, 11) is 0. The maximum absolute atomic E-state index is 11.5. The van der Waals surface area contributed by atoms with E-state index >= 15 is 0 Å². The van der Waals surface area contributed by atoms with Crippen molar-refractivity contribution < 1.29 is 29.3 Å². The number of carbonyl (C=O) groups is 3. The molecular weight excluding hydrogens is 348 g/mol. The Morgan fingerprint density at radius 1 is 1.00 bits per heavy atom. The second-order valence-electron chi connectivity index (χ2n) is 9.25. The van der Waals surface area contributed by atoms with Gasteiger partial charge >= 0.3 is 17.9 Å². The first-order valence-electron chi connectivity index (χ1n) is 10.3. The van der Waals surface area contributed by atoms with Gasteiger partial charge in [-0.2, -0.15) is 0 Å². The lowest BCUT2D eigenvalue weighted by atomic mass is 9.46. The molecule has 152 valence electrons. The predicted octanol–water partition coefficient (Wildman–Crippen LogP) is 3.73.